The minimum Gasteiger partial charge on any atom is -0.496 e. The molecule has 3 aromatic rings. The van der Waals surface area contributed by atoms with Crippen LogP contribution in [0.15, 0.2) is 77.7 Å². The van der Waals surface area contributed by atoms with E-state index in [-0.39, 0.29) is 23.5 Å². The highest BCUT2D eigenvalue weighted by atomic mass is 32.2. The van der Waals surface area contributed by atoms with Crippen LogP contribution in [0, 0.1) is 6.92 Å². The Labute approximate surface area is 195 Å². The topological polar surface area (TPSA) is 84.9 Å². The molecule has 0 unspecified atom stereocenters. The van der Waals surface area contributed by atoms with Crippen molar-refractivity contribution in [3.63, 3.8) is 0 Å². The predicted octanol–water partition coefficient (Wildman–Crippen LogP) is 4.08. The maximum Gasteiger partial charge on any atom is 0.264 e. The van der Waals surface area contributed by atoms with Crippen molar-refractivity contribution in [3.05, 3.63) is 83.9 Å². The lowest BCUT2D eigenvalue weighted by Gasteiger charge is -2.20. The molecular formula is C25H28N2O5S. The molecule has 0 saturated carbocycles. The van der Waals surface area contributed by atoms with E-state index in [1.807, 2.05) is 38.1 Å². The average molecular weight is 469 g/mol. The number of rotatable bonds is 9. The van der Waals surface area contributed by atoms with Crippen LogP contribution in [0.2, 0.25) is 0 Å². The van der Waals surface area contributed by atoms with Crippen LogP contribution in [-0.4, -0.2) is 35.1 Å². The van der Waals surface area contributed by atoms with Crippen molar-refractivity contribution in [2.45, 2.75) is 24.8 Å². The number of methoxy groups -OCH3 is 1. The summed E-state index contributed by atoms with van der Waals surface area (Å²) in [5.74, 6) is 0.878. The largest absolute Gasteiger partial charge is 0.496 e. The third-order valence-corrected chi connectivity index (χ3v) is 7.03. The van der Waals surface area contributed by atoms with Crippen LogP contribution in [0.3, 0.4) is 0 Å². The van der Waals surface area contributed by atoms with Crippen molar-refractivity contribution in [1.82, 2.24) is 5.32 Å². The van der Waals surface area contributed by atoms with Crippen LogP contribution in [0.25, 0.3) is 0 Å². The zero-order chi connectivity index (χ0) is 24.0. The maximum absolute atomic E-state index is 12.8. The molecule has 7 nitrogen and oxygen atoms in total. The molecule has 33 heavy (non-hydrogen) atoms. The second-order valence-corrected chi connectivity index (χ2v) is 9.57. The quantitative estimate of drug-likeness (QED) is 0.511. The lowest BCUT2D eigenvalue weighted by molar-refractivity contribution is -0.123. The molecule has 0 aliphatic heterocycles. The van der Waals surface area contributed by atoms with E-state index in [0.29, 0.717) is 17.2 Å². The number of aryl methyl sites for hydroxylation is 1. The summed E-state index contributed by atoms with van der Waals surface area (Å²) in [7, 11) is -0.590. The normalized spacial score (nSPS) is 12.0. The molecule has 174 valence electrons. The summed E-state index contributed by atoms with van der Waals surface area (Å²) < 4.78 is 37.8. The highest BCUT2D eigenvalue weighted by Gasteiger charge is 2.21. The first-order valence-electron chi connectivity index (χ1n) is 10.4. The summed E-state index contributed by atoms with van der Waals surface area (Å²) in [6, 6.07) is 20.5. The van der Waals surface area contributed by atoms with Crippen LogP contribution in [0.1, 0.15) is 24.1 Å². The molecule has 0 aliphatic rings. The average Bonchev–Trinajstić information content (AvgIpc) is 2.82. The van der Waals surface area contributed by atoms with Gasteiger partial charge in [0.15, 0.2) is 6.61 Å². The third-order valence-electron chi connectivity index (χ3n) is 5.23. The van der Waals surface area contributed by atoms with E-state index < -0.39 is 10.0 Å². The molecule has 0 saturated heterocycles. The van der Waals surface area contributed by atoms with Crippen LogP contribution in [-0.2, 0) is 14.8 Å². The standard InChI is InChI=1S/C25H28N2O5S/c1-18-9-15-22(16-10-18)33(29,30)27(3)20-11-13-21(14-12-20)32-17-25(28)26-19(2)23-7-5-6-8-24(23)31-4/h5-16,19H,17H2,1-4H3,(H,26,28)/t19-/m1/s1. The van der Waals surface area contributed by atoms with Crippen LogP contribution in [0.5, 0.6) is 11.5 Å². The molecule has 3 rings (SSSR count). The molecule has 1 atom stereocenters. The van der Waals surface area contributed by atoms with Crippen molar-refractivity contribution in [1.29, 1.82) is 0 Å². The zero-order valence-corrected chi connectivity index (χ0v) is 19.9. The number of carbonyl (C=O) groups is 1. The van der Waals surface area contributed by atoms with Crippen LogP contribution in [0.4, 0.5) is 5.69 Å². The summed E-state index contributed by atoms with van der Waals surface area (Å²) in [6.45, 7) is 3.60. The molecule has 0 spiro atoms. The molecule has 1 amide bonds. The summed E-state index contributed by atoms with van der Waals surface area (Å²) in [4.78, 5) is 12.5. The molecule has 0 fully saturated rings. The lowest BCUT2D eigenvalue weighted by Crippen LogP contribution is -2.31. The van der Waals surface area contributed by atoms with Gasteiger partial charge in [-0.1, -0.05) is 35.9 Å². The Morgan fingerprint density at radius 1 is 1.00 bits per heavy atom. The lowest BCUT2D eigenvalue weighted by atomic mass is 10.1. The summed E-state index contributed by atoms with van der Waals surface area (Å²) in [5.41, 5.74) is 2.34. The van der Waals surface area contributed by atoms with Gasteiger partial charge in [-0.05, 0) is 56.3 Å². The number of nitrogens with zero attached hydrogens (tertiary/aromatic N) is 1. The molecule has 0 bridgehead atoms. The number of anilines is 1. The van der Waals surface area contributed by atoms with Crippen molar-refractivity contribution in [3.8, 4) is 11.5 Å². The van der Waals surface area contributed by atoms with Gasteiger partial charge in [-0.3, -0.25) is 9.10 Å². The number of hydrogen-bond donors (Lipinski definition) is 1. The first kappa shape index (κ1) is 24.1. The van der Waals surface area contributed by atoms with Gasteiger partial charge in [0, 0.05) is 12.6 Å². The number of carbonyl (C=O) groups excluding carboxylic acids is 1. The second-order valence-electron chi connectivity index (χ2n) is 7.60. The Balaban J connectivity index is 1.59. The molecule has 0 aromatic heterocycles. The molecule has 3 aromatic carbocycles. The van der Waals surface area contributed by atoms with Gasteiger partial charge in [0.1, 0.15) is 11.5 Å². The molecule has 0 radical (unpaired) electrons. The number of amides is 1. The van der Waals surface area contributed by atoms with Gasteiger partial charge in [0.05, 0.1) is 23.7 Å². The van der Waals surface area contributed by atoms with E-state index in [1.54, 1.807) is 55.6 Å². The first-order chi connectivity index (χ1) is 15.7. The SMILES string of the molecule is COc1ccccc1[C@@H](C)NC(=O)COc1ccc(N(C)S(=O)(=O)c2ccc(C)cc2)cc1. The Kier molecular flexibility index (Phi) is 7.60. The predicted molar refractivity (Wildman–Crippen MR) is 128 cm³/mol. The highest BCUT2D eigenvalue weighted by molar-refractivity contribution is 7.92. The van der Waals surface area contributed by atoms with E-state index in [4.69, 9.17) is 9.47 Å². The maximum atomic E-state index is 12.8. The minimum atomic E-state index is -3.67. The highest BCUT2D eigenvalue weighted by Crippen LogP contribution is 2.26. The van der Waals surface area contributed by atoms with E-state index >= 15 is 0 Å². The number of hydrogen-bond acceptors (Lipinski definition) is 5. The summed E-state index contributed by atoms with van der Waals surface area (Å²) >= 11 is 0. The Hall–Kier alpha value is -3.52. The summed E-state index contributed by atoms with van der Waals surface area (Å²) in [6.07, 6.45) is 0. The van der Waals surface area contributed by atoms with Crippen molar-refractivity contribution in [2.24, 2.45) is 0 Å². The van der Waals surface area contributed by atoms with Crippen molar-refractivity contribution < 1.29 is 22.7 Å². The number of nitrogens with one attached hydrogen (secondary N) is 1. The number of sulfonamides is 1. The summed E-state index contributed by atoms with van der Waals surface area (Å²) in [5, 5.41) is 2.88. The Morgan fingerprint density at radius 2 is 1.64 bits per heavy atom. The van der Waals surface area contributed by atoms with Gasteiger partial charge in [-0.2, -0.15) is 0 Å². The van der Waals surface area contributed by atoms with Crippen molar-refractivity contribution in [2.75, 3.05) is 25.1 Å². The van der Waals surface area contributed by atoms with Gasteiger partial charge in [-0.25, -0.2) is 8.42 Å². The molecule has 8 heteroatoms. The molecule has 0 heterocycles. The van der Waals surface area contributed by atoms with Gasteiger partial charge in [0.2, 0.25) is 0 Å². The molecule has 0 aliphatic carbocycles. The number of ether oxygens (including phenoxy) is 2. The molecular weight excluding hydrogens is 440 g/mol. The number of para-hydroxylation sites is 1. The smallest absolute Gasteiger partial charge is 0.264 e. The molecule has 1 N–H and O–H groups in total. The minimum absolute atomic E-state index is 0.170. The van der Waals surface area contributed by atoms with Gasteiger partial charge in [-0.15, -0.1) is 0 Å². The van der Waals surface area contributed by atoms with Crippen LogP contribution < -0.4 is 19.1 Å². The fraction of sp³-hybridized carbons (Fsp3) is 0.240. The van der Waals surface area contributed by atoms with E-state index in [9.17, 15) is 13.2 Å². The van der Waals surface area contributed by atoms with E-state index in [0.717, 1.165) is 11.1 Å². The third kappa shape index (κ3) is 5.84. The Bertz CT molecular complexity index is 1190. The number of benzene rings is 3. The van der Waals surface area contributed by atoms with Gasteiger partial charge < -0.3 is 14.8 Å². The van der Waals surface area contributed by atoms with Gasteiger partial charge in [0.25, 0.3) is 15.9 Å². The fourth-order valence-electron chi connectivity index (χ4n) is 3.29. The van der Waals surface area contributed by atoms with Crippen molar-refractivity contribution >= 4 is 21.6 Å². The second kappa shape index (κ2) is 10.4. The monoisotopic (exact) mass is 468 g/mol. The Morgan fingerprint density at radius 3 is 2.27 bits per heavy atom. The van der Waals surface area contributed by atoms with E-state index in [1.165, 1.54) is 11.4 Å². The fourth-order valence-corrected chi connectivity index (χ4v) is 4.49. The zero-order valence-electron chi connectivity index (χ0n) is 19.1. The van der Waals surface area contributed by atoms with E-state index in [2.05, 4.69) is 5.32 Å². The van der Waals surface area contributed by atoms with Gasteiger partial charge >= 0.3 is 0 Å². The van der Waals surface area contributed by atoms with Crippen LogP contribution >= 0.6 is 0 Å². The first-order valence-corrected chi connectivity index (χ1v) is 11.9.